The topological polar surface area (TPSA) is 107 Å². The van der Waals surface area contributed by atoms with Gasteiger partial charge in [-0.15, -0.1) is 0 Å². The van der Waals surface area contributed by atoms with E-state index in [1.165, 1.54) is 0 Å². The molecule has 0 radical (unpaired) electrons. The Morgan fingerprint density at radius 2 is 2.35 bits per heavy atom. The van der Waals surface area contributed by atoms with Gasteiger partial charge >= 0.3 is 0 Å². The standard InChI is InChI=1S/C12H11BrN6O/c13-8-2-1-3-16-10(8)11-18-12(20-19-11)9(14)4-7-5-15-6-17-7/h1-3,5-6,9H,4,14H2,(H,15,17)/t9-/m1/s1. The van der Waals surface area contributed by atoms with Crippen molar-refractivity contribution in [2.24, 2.45) is 5.73 Å². The van der Waals surface area contributed by atoms with Gasteiger partial charge in [-0.2, -0.15) is 4.98 Å². The molecular formula is C12H11BrN6O. The van der Waals surface area contributed by atoms with Crippen LogP contribution in [0.3, 0.4) is 0 Å². The molecule has 3 aromatic rings. The molecule has 0 aliphatic carbocycles. The Hall–Kier alpha value is -2.06. The molecule has 0 unspecified atom stereocenters. The molecular weight excluding hydrogens is 324 g/mol. The Kier molecular flexibility index (Phi) is 3.57. The minimum atomic E-state index is -0.390. The quantitative estimate of drug-likeness (QED) is 0.754. The number of hydrogen-bond acceptors (Lipinski definition) is 6. The zero-order chi connectivity index (χ0) is 13.9. The summed E-state index contributed by atoms with van der Waals surface area (Å²) in [6.07, 6.45) is 5.53. The van der Waals surface area contributed by atoms with Gasteiger partial charge in [-0.3, -0.25) is 4.98 Å². The van der Waals surface area contributed by atoms with Crippen LogP contribution in [-0.2, 0) is 6.42 Å². The number of hydrogen-bond donors (Lipinski definition) is 2. The van der Waals surface area contributed by atoms with Crippen molar-refractivity contribution in [2.75, 3.05) is 0 Å². The van der Waals surface area contributed by atoms with Crippen LogP contribution in [0.15, 0.2) is 39.8 Å². The molecule has 0 aliphatic heterocycles. The van der Waals surface area contributed by atoms with Crippen LogP contribution in [0.25, 0.3) is 11.5 Å². The van der Waals surface area contributed by atoms with Gasteiger partial charge in [0.05, 0.1) is 12.4 Å². The van der Waals surface area contributed by atoms with E-state index < -0.39 is 0 Å². The van der Waals surface area contributed by atoms with Gasteiger partial charge in [0.2, 0.25) is 11.7 Å². The van der Waals surface area contributed by atoms with Crippen molar-refractivity contribution in [2.45, 2.75) is 12.5 Å². The molecule has 0 saturated carbocycles. The van der Waals surface area contributed by atoms with Crippen LogP contribution in [0.2, 0.25) is 0 Å². The molecule has 0 saturated heterocycles. The van der Waals surface area contributed by atoms with Gasteiger partial charge in [-0.25, -0.2) is 4.98 Å². The monoisotopic (exact) mass is 334 g/mol. The van der Waals surface area contributed by atoms with Crippen LogP contribution >= 0.6 is 15.9 Å². The highest BCUT2D eigenvalue weighted by molar-refractivity contribution is 9.10. The number of aromatic amines is 1. The van der Waals surface area contributed by atoms with E-state index in [1.807, 2.05) is 12.1 Å². The maximum absolute atomic E-state index is 6.04. The molecule has 3 heterocycles. The second-order valence-electron chi connectivity index (χ2n) is 4.18. The molecule has 0 spiro atoms. The Morgan fingerprint density at radius 3 is 3.10 bits per heavy atom. The van der Waals surface area contributed by atoms with Crippen molar-refractivity contribution in [1.29, 1.82) is 0 Å². The van der Waals surface area contributed by atoms with E-state index >= 15 is 0 Å². The molecule has 0 aliphatic rings. The first-order chi connectivity index (χ1) is 9.74. The summed E-state index contributed by atoms with van der Waals surface area (Å²) in [6, 6.07) is 3.29. The van der Waals surface area contributed by atoms with Crippen LogP contribution in [0.4, 0.5) is 0 Å². The fraction of sp³-hybridized carbons (Fsp3) is 0.167. The lowest BCUT2D eigenvalue weighted by Crippen LogP contribution is -2.14. The van der Waals surface area contributed by atoms with Gasteiger partial charge in [0.15, 0.2) is 0 Å². The summed E-state index contributed by atoms with van der Waals surface area (Å²) in [5.74, 6) is 0.777. The van der Waals surface area contributed by atoms with Crippen LogP contribution in [0.5, 0.6) is 0 Å². The summed E-state index contributed by atoms with van der Waals surface area (Å²) in [7, 11) is 0. The number of imidazole rings is 1. The number of nitrogens with one attached hydrogen (secondary N) is 1. The van der Waals surface area contributed by atoms with E-state index in [0.717, 1.165) is 10.2 Å². The third-order valence-corrected chi connectivity index (χ3v) is 3.36. The predicted molar refractivity (Wildman–Crippen MR) is 74.4 cm³/mol. The summed E-state index contributed by atoms with van der Waals surface area (Å²) in [6.45, 7) is 0. The van der Waals surface area contributed by atoms with Gasteiger partial charge in [-0.1, -0.05) is 5.16 Å². The third-order valence-electron chi connectivity index (χ3n) is 2.72. The molecule has 3 N–H and O–H groups in total. The normalized spacial score (nSPS) is 12.5. The van der Waals surface area contributed by atoms with Gasteiger partial charge < -0.3 is 15.2 Å². The Bertz CT molecular complexity index is 696. The van der Waals surface area contributed by atoms with Crippen LogP contribution in [0.1, 0.15) is 17.6 Å². The van der Waals surface area contributed by atoms with E-state index in [-0.39, 0.29) is 6.04 Å². The highest BCUT2D eigenvalue weighted by Gasteiger charge is 2.18. The second kappa shape index (κ2) is 5.51. The molecule has 0 fully saturated rings. The summed E-state index contributed by atoms with van der Waals surface area (Å²) in [5.41, 5.74) is 7.57. The zero-order valence-electron chi connectivity index (χ0n) is 10.3. The number of rotatable bonds is 4. The van der Waals surface area contributed by atoms with E-state index in [9.17, 15) is 0 Å². The molecule has 0 bridgehead atoms. The molecule has 0 aromatic carbocycles. The van der Waals surface area contributed by atoms with Gasteiger partial charge in [0.25, 0.3) is 0 Å². The zero-order valence-corrected chi connectivity index (χ0v) is 11.9. The fourth-order valence-electron chi connectivity index (χ4n) is 1.75. The molecule has 20 heavy (non-hydrogen) atoms. The average Bonchev–Trinajstić information content (AvgIpc) is 3.10. The lowest BCUT2D eigenvalue weighted by molar-refractivity contribution is 0.353. The summed E-state index contributed by atoms with van der Waals surface area (Å²) in [5, 5.41) is 3.91. The number of pyridine rings is 1. The van der Waals surface area contributed by atoms with Crippen LogP contribution < -0.4 is 5.73 Å². The van der Waals surface area contributed by atoms with Gasteiger partial charge in [-0.05, 0) is 28.1 Å². The molecule has 3 aromatic heterocycles. The lowest BCUT2D eigenvalue weighted by Gasteiger charge is -2.03. The highest BCUT2D eigenvalue weighted by atomic mass is 79.9. The highest BCUT2D eigenvalue weighted by Crippen LogP contribution is 2.24. The van der Waals surface area contributed by atoms with Crippen molar-refractivity contribution in [3.8, 4) is 11.5 Å². The SMILES string of the molecule is N[C@H](Cc1cnc[nH]1)c1nc(-c2ncccc2Br)no1. The number of nitrogens with two attached hydrogens (primary N) is 1. The first-order valence-corrected chi connectivity index (χ1v) is 6.70. The fourth-order valence-corrected chi connectivity index (χ4v) is 2.19. The van der Waals surface area contributed by atoms with Crippen molar-refractivity contribution < 1.29 is 4.52 Å². The summed E-state index contributed by atoms with van der Waals surface area (Å²) in [4.78, 5) is 15.4. The number of H-pyrrole nitrogens is 1. The summed E-state index contributed by atoms with van der Waals surface area (Å²) < 4.78 is 6.00. The second-order valence-corrected chi connectivity index (χ2v) is 5.03. The lowest BCUT2D eigenvalue weighted by atomic mass is 10.2. The number of halogens is 1. The Morgan fingerprint density at radius 1 is 1.45 bits per heavy atom. The molecule has 1 atom stereocenters. The molecule has 102 valence electrons. The van der Waals surface area contributed by atoms with Crippen molar-refractivity contribution in [1.82, 2.24) is 25.1 Å². The van der Waals surface area contributed by atoms with Gasteiger partial charge in [0.1, 0.15) is 5.69 Å². The molecule has 7 nitrogen and oxygen atoms in total. The van der Waals surface area contributed by atoms with Crippen molar-refractivity contribution >= 4 is 15.9 Å². The van der Waals surface area contributed by atoms with E-state index in [2.05, 4.69) is 41.0 Å². The van der Waals surface area contributed by atoms with Gasteiger partial charge in [0, 0.05) is 29.0 Å². The smallest absolute Gasteiger partial charge is 0.244 e. The molecule has 0 amide bonds. The minimum absolute atomic E-state index is 0.368. The first-order valence-electron chi connectivity index (χ1n) is 5.91. The molecule has 3 rings (SSSR count). The molecule has 8 heteroatoms. The van der Waals surface area contributed by atoms with Crippen molar-refractivity contribution in [3.63, 3.8) is 0 Å². The van der Waals surface area contributed by atoms with Crippen molar-refractivity contribution in [3.05, 3.63) is 46.9 Å². The average molecular weight is 335 g/mol. The number of nitrogens with zero attached hydrogens (tertiary/aromatic N) is 4. The minimum Gasteiger partial charge on any atom is -0.348 e. The predicted octanol–water partition coefficient (Wildman–Crippen LogP) is 1.86. The van der Waals surface area contributed by atoms with Crippen LogP contribution in [0, 0.1) is 0 Å². The maximum atomic E-state index is 6.04. The largest absolute Gasteiger partial charge is 0.348 e. The maximum Gasteiger partial charge on any atom is 0.244 e. The Balaban J connectivity index is 1.81. The van der Waals surface area contributed by atoms with E-state index in [0.29, 0.717) is 23.8 Å². The first kappa shape index (κ1) is 12.9. The number of aromatic nitrogens is 5. The Labute approximate surface area is 122 Å². The third kappa shape index (κ3) is 2.61. The van der Waals surface area contributed by atoms with E-state index in [4.69, 9.17) is 10.3 Å². The van der Waals surface area contributed by atoms with Crippen LogP contribution in [-0.4, -0.2) is 25.1 Å². The summed E-state index contributed by atoms with van der Waals surface area (Å²) >= 11 is 3.40. The van der Waals surface area contributed by atoms with E-state index in [1.54, 1.807) is 18.7 Å².